The Morgan fingerprint density at radius 3 is 1.84 bits per heavy atom. The van der Waals surface area contributed by atoms with E-state index in [0.717, 1.165) is 55.7 Å². The first-order valence-electron chi connectivity index (χ1n) is 18.4. The number of piperidine rings is 3. The van der Waals surface area contributed by atoms with Gasteiger partial charge in [0.15, 0.2) is 0 Å². The number of hydrogen-bond donors (Lipinski definition) is 1. The van der Waals surface area contributed by atoms with E-state index in [2.05, 4.69) is 54.3 Å². The summed E-state index contributed by atoms with van der Waals surface area (Å²) in [5.74, 6) is 0.660. The van der Waals surface area contributed by atoms with E-state index in [9.17, 15) is 8.42 Å². The number of aliphatic hydroxyl groups is 1. The molecule has 1 aromatic heterocycles. The zero-order valence-electron chi connectivity index (χ0n) is 31.8. The van der Waals surface area contributed by atoms with Gasteiger partial charge in [-0.15, -0.1) is 0 Å². The van der Waals surface area contributed by atoms with Crippen molar-refractivity contribution in [3.05, 3.63) is 54.7 Å². The fourth-order valence-corrected chi connectivity index (χ4v) is 8.68. The molecule has 0 radical (unpaired) electrons. The first kappa shape index (κ1) is 40.4. The third kappa shape index (κ3) is 9.54. The Labute approximate surface area is 306 Å². The average Bonchev–Trinajstić information content (AvgIpc) is 3.12. The minimum Gasteiger partial charge on any atom is -0.487 e. The number of pyridine rings is 1. The third-order valence-corrected chi connectivity index (χ3v) is 12.8. The lowest BCUT2D eigenvalue weighted by atomic mass is 9.79. The molecular formula is C40H62N4O4S2. The van der Waals surface area contributed by atoms with Gasteiger partial charge in [0.1, 0.15) is 16.2 Å². The zero-order chi connectivity index (χ0) is 36.5. The number of para-hydroxylation sites is 1. The molecule has 50 heavy (non-hydrogen) atoms. The normalized spacial score (nSPS) is 18.9. The van der Waals surface area contributed by atoms with Gasteiger partial charge in [0.25, 0.3) is 0 Å². The number of sulfone groups is 1. The number of benzene rings is 2. The molecule has 3 aromatic rings. The van der Waals surface area contributed by atoms with Crippen molar-refractivity contribution in [1.29, 1.82) is 0 Å². The van der Waals surface area contributed by atoms with Crippen LogP contribution in [0.25, 0.3) is 10.9 Å². The summed E-state index contributed by atoms with van der Waals surface area (Å²) in [5.41, 5.74) is 1.11. The van der Waals surface area contributed by atoms with Crippen molar-refractivity contribution in [2.75, 3.05) is 63.8 Å². The summed E-state index contributed by atoms with van der Waals surface area (Å²) in [4.78, 5) is 12.9. The Morgan fingerprint density at radius 1 is 0.760 bits per heavy atom. The van der Waals surface area contributed by atoms with Crippen LogP contribution in [0.3, 0.4) is 0 Å². The largest absolute Gasteiger partial charge is 0.487 e. The summed E-state index contributed by atoms with van der Waals surface area (Å²) >= 11 is 1.75. The summed E-state index contributed by atoms with van der Waals surface area (Å²) in [6.45, 7) is 17.1. The van der Waals surface area contributed by atoms with Gasteiger partial charge in [0.05, 0.1) is 16.1 Å². The number of aromatic nitrogens is 1. The molecule has 6 rings (SSSR count). The highest BCUT2D eigenvalue weighted by Gasteiger charge is 2.36. The molecule has 1 N–H and O–H groups in total. The van der Waals surface area contributed by atoms with Gasteiger partial charge in [0, 0.05) is 49.3 Å². The summed E-state index contributed by atoms with van der Waals surface area (Å²) in [7, 11) is -2.83. The number of aliphatic hydroxyl groups excluding tert-OH is 1. The third-order valence-electron chi connectivity index (χ3n) is 11.0. The van der Waals surface area contributed by atoms with Gasteiger partial charge in [-0.25, -0.2) is 8.42 Å². The fraction of sp³-hybridized carbons (Fsp3) is 0.625. The molecule has 8 nitrogen and oxygen atoms in total. The molecule has 0 saturated carbocycles. The van der Waals surface area contributed by atoms with Crippen LogP contribution in [0.4, 0.5) is 5.69 Å². The molecule has 0 spiro atoms. The first-order chi connectivity index (χ1) is 23.9. The Hall–Kier alpha value is -2.37. The molecule has 4 heterocycles. The molecular weight excluding hydrogens is 665 g/mol. The average molecular weight is 727 g/mol. The van der Waals surface area contributed by atoms with Crippen molar-refractivity contribution in [2.45, 2.75) is 107 Å². The lowest BCUT2D eigenvalue weighted by Gasteiger charge is -2.45. The summed E-state index contributed by atoms with van der Waals surface area (Å²) in [6.07, 6.45) is 14.4. The van der Waals surface area contributed by atoms with Gasteiger partial charge in [-0.05, 0) is 121 Å². The van der Waals surface area contributed by atoms with Crippen LogP contribution >= 0.6 is 11.8 Å². The van der Waals surface area contributed by atoms with E-state index in [1.807, 2.05) is 36.8 Å². The van der Waals surface area contributed by atoms with Crippen molar-refractivity contribution in [3.8, 4) is 5.75 Å². The second kappa shape index (κ2) is 17.9. The smallest absolute Gasteiger partial charge is 0.210 e. The number of ether oxygens (including phenoxy) is 1. The summed E-state index contributed by atoms with van der Waals surface area (Å²) in [5, 5.41) is 7.89. The van der Waals surface area contributed by atoms with E-state index in [1.165, 1.54) is 58.3 Å². The van der Waals surface area contributed by atoms with Gasteiger partial charge in [-0.3, -0.25) is 4.98 Å². The predicted octanol–water partition coefficient (Wildman–Crippen LogP) is 7.78. The topological polar surface area (TPSA) is 86.2 Å². The molecule has 3 aliphatic heterocycles. The number of thioether (sulfide) groups is 1. The van der Waals surface area contributed by atoms with E-state index < -0.39 is 15.4 Å². The lowest BCUT2D eigenvalue weighted by Crippen LogP contribution is -2.52. The Bertz CT molecular complexity index is 1590. The van der Waals surface area contributed by atoms with Crippen LogP contribution < -0.4 is 9.64 Å². The Kier molecular flexibility index (Phi) is 14.5. The van der Waals surface area contributed by atoms with Crippen molar-refractivity contribution in [3.63, 3.8) is 0 Å². The van der Waals surface area contributed by atoms with E-state index in [1.54, 1.807) is 42.2 Å². The number of nitrogens with zero attached hydrogens (tertiary/aromatic N) is 4. The van der Waals surface area contributed by atoms with E-state index in [-0.39, 0.29) is 15.2 Å². The monoisotopic (exact) mass is 726 g/mol. The highest BCUT2D eigenvalue weighted by Crippen LogP contribution is 2.39. The van der Waals surface area contributed by atoms with Gasteiger partial charge >= 0.3 is 0 Å². The molecule has 2 aromatic carbocycles. The summed E-state index contributed by atoms with van der Waals surface area (Å²) in [6, 6.07) is 16.1. The molecule has 3 fully saturated rings. The Morgan fingerprint density at radius 2 is 1.28 bits per heavy atom. The van der Waals surface area contributed by atoms with Crippen LogP contribution in [0, 0.1) is 5.41 Å². The molecule has 10 heteroatoms. The number of anilines is 1. The lowest BCUT2D eigenvalue weighted by molar-refractivity contribution is 0.000771. The maximum Gasteiger partial charge on any atom is 0.210 e. The number of fused-ring (bicyclic) bond motifs is 1. The van der Waals surface area contributed by atoms with Crippen molar-refractivity contribution in [1.82, 2.24) is 14.8 Å². The van der Waals surface area contributed by atoms with E-state index >= 15 is 0 Å². The molecule has 3 saturated heterocycles. The van der Waals surface area contributed by atoms with Crippen LogP contribution in [-0.2, 0) is 9.84 Å². The number of rotatable bonds is 7. The number of likely N-dealkylation sites (tertiary alicyclic amines) is 2. The number of hydrogen-bond acceptors (Lipinski definition) is 9. The van der Waals surface area contributed by atoms with Gasteiger partial charge in [-0.2, -0.15) is 11.8 Å². The molecule has 278 valence electrons. The highest BCUT2D eigenvalue weighted by molar-refractivity contribution is 7.97. The molecule has 0 atom stereocenters. The highest BCUT2D eigenvalue weighted by atomic mass is 32.2. The second-order valence-electron chi connectivity index (χ2n) is 15.3. The van der Waals surface area contributed by atoms with E-state index in [4.69, 9.17) is 9.84 Å². The van der Waals surface area contributed by atoms with Crippen molar-refractivity contribution < 1.29 is 18.3 Å². The molecule has 0 aliphatic carbocycles. The maximum atomic E-state index is 14.2. The van der Waals surface area contributed by atoms with Crippen LogP contribution in [0.1, 0.15) is 79.6 Å². The van der Waals surface area contributed by atoms with Crippen LogP contribution in [-0.4, -0.2) is 105 Å². The first-order valence-corrected chi connectivity index (χ1v) is 21.5. The second-order valence-corrected chi connectivity index (χ2v) is 18.1. The van der Waals surface area contributed by atoms with Gasteiger partial charge in [-0.1, -0.05) is 45.4 Å². The minimum absolute atomic E-state index is 0.0830. The molecule has 0 bridgehead atoms. The molecule has 0 amide bonds. The SMILES string of the molecule is CC(C)(C)C(C)(C)Oc1ccc(S(=O)(=O)c2cnc3ccccc3c2N2CCC(N3CCC(N4CCCCC4)CC3)CC2)cc1.CO.CSC. The summed E-state index contributed by atoms with van der Waals surface area (Å²) < 4.78 is 34.8. The molecule has 3 aliphatic rings. The van der Waals surface area contributed by atoms with E-state index in [0.29, 0.717) is 11.8 Å². The van der Waals surface area contributed by atoms with Gasteiger partial charge in [0.2, 0.25) is 9.84 Å². The Balaban J connectivity index is 0.00000107. The standard InChI is InChI=1S/C37H52N4O3S.C2H6S.CH4O/c1-36(2,3)37(4,5)44-30-13-15-31(16-14-30)45(42,43)34-27-38-33-12-8-7-11-32(33)35(34)41-25-19-29(20-26-41)40-23-17-28(18-24-40)39-21-9-6-10-22-39;1-3-2;1-2/h7-8,11-16,27-29H,6,9-10,17-26H2,1-5H3;1-2H3;2H,1H3. The van der Waals surface area contributed by atoms with Gasteiger partial charge < -0.3 is 24.5 Å². The molecule has 0 unspecified atom stereocenters. The quantitative estimate of drug-likeness (QED) is 0.263. The van der Waals surface area contributed by atoms with Crippen LogP contribution in [0.15, 0.2) is 64.5 Å². The van der Waals surface area contributed by atoms with Crippen LogP contribution in [0.5, 0.6) is 5.75 Å². The maximum absolute atomic E-state index is 14.2. The zero-order valence-corrected chi connectivity index (χ0v) is 33.5. The van der Waals surface area contributed by atoms with Crippen LogP contribution in [0.2, 0.25) is 0 Å². The minimum atomic E-state index is -3.83. The van der Waals surface area contributed by atoms with Crippen molar-refractivity contribution in [2.24, 2.45) is 5.41 Å². The van der Waals surface area contributed by atoms with Crippen molar-refractivity contribution >= 4 is 38.2 Å². The fourth-order valence-electron chi connectivity index (χ4n) is 7.25. The predicted molar refractivity (Wildman–Crippen MR) is 211 cm³/mol.